The van der Waals surface area contributed by atoms with Gasteiger partial charge in [0.25, 0.3) is 0 Å². The highest BCUT2D eigenvalue weighted by Crippen LogP contribution is 2.30. The first kappa shape index (κ1) is 22.4. The number of hydrogen-bond donors (Lipinski definition) is 0. The maximum Gasteiger partial charge on any atom is 0.168 e. The van der Waals surface area contributed by atoms with Crippen LogP contribution in [0.3, 0.4) is 0 Å². The van der Waals surface area contributed by atoms with E-state index in [0.717, 1.165) is 34.9 Å². The van der Waals surface area contributed by atoms with Crippen molar-refractivity contribution >= 4 is 5.70 Å². The number of aryl methyl sites for hydroxylation is 3. The number of aromatic nitrogens is 3. The second kappa shape index (κ2) is 10.5. The lowest BCUT2D eigenvalue weighted by molar-refractivity contribution is 0.986. The molecule has 0 radical (unpaired) electrons. The van der Waals surface area contributed by atoms with Crippen LogP contribution >= 0.6 is 0 Å². The van der Waals surface area contributed by atoms with E-state index in [-0.39, 0.29) is 0 Å². The summed E-state index contributed by atoms with van der Waals surface area (Å²) in [5.74, 6) is 1.68. The van der Waals surface area contributed by atoms with Crippen LogP contribution in [0.5, 0.6) is 0 Å². The molecule has 27 heavy (non-hydrogen) atoms. The van der Waals surface area contributed by atoms with Crippen molar-refractivity contribution in [3.8, 4) is 11.4 Å². The lowest BCUT2D eigenvalue weighted by Gasteiger charge is -2.17. The molecular weight excluding hydrogens is 330 g/mol. The van der Waals surface area contributed by atoms with E-state index < -0.39 is 0 Å². The van der Waals surface area contributed by atoms with Gasteiger partial charge in [-0.2, -0.15) is 0 Å². The van der Waals surface area contributed by atoms with Crippen molar-refractivity contribution < 1.29 is 0 Å². The third-order valence-corrected chi connectivity index (χ3v) is 4.31. The van der Waals surface area contributed by atoms with Crippen molar-refractivity contribution in [1.82, 2.24) is 14.8 Å². The minimum atomic E-state index is 0.838. The van der Waals surface area contributed by atoms with Crippen molar-refractivity contribution in [1.29, 1.82) is 0 Å². The van der Waals surface area contributed by atoms with Gasteiger partial charge >= 0.3 is 0 Å². The van der Waals surface area contributed by atoms with E-state index in [1.807, 2.05) is 32.9 Å². The highest BCUT2D eigenvalue weighted by Gasteiger charge is 2.18. The van der Waals surface area contributed by atoms with Gasteiger partial charge in [-0.15, -0.1) is 10.2 Å². The lowest BCUT2D eigenvalue weighted by atomic mass is 10.0. The number of rotatable bonds is 6. The summed E-state index contributed by atoms with van der Waals surface area (Å²) in [5.41, 5.74) is 6.81. The Morgan fingerprint density at radius 2 is 1.78 bits per heavy atom. The summed E-state index contributed by atoms with van der Waals surface area (Å²) in [7, 11) is 0. The molecule has 0 aliphatic heterocycles. The third kappa shape index (κ3) is 4.94. The molecule has 1 aromatic heterocycles. The Kier molecular flexibility index (Phi) is 8.67. The first-order valence-electron chi connectivity index (χ1n) is 9.59. The number of nitrogens with zero attached hydrogens (tertiary/aromatic N) is 3. The Morgan fingerprint density at radius 3 is 2.30 bits per heavy atom. The van der Waals surface area contributed by atoms with E-state index in [2.05, 4.69) is 73.8 Å². The second-order valence-electron chi connectivity index (χ2n) is 6.31. The van der Waals surface area contributed by atoms with Gasteiger partial charge in [0.15, 0.2) is 5.82 Å². The quantitative estimate of drug-likeness (QED) is 0.535. The third-order valence-electron chi connectivity index (χ3n) is 4.31. The van der Waals surface area contributed by atoms with Crippen molar-refractivity contribution in [2.75, 3.05) is 0 Å². The molecule has 2 aromatic rings. The zero-order chi connectivity index (χ0) is 20.6. The predicted molar refractivity (Wildman–Crippen MR) is 119 cm³/mol. The molecule has 0 spiro atoms. The molecule has 1 aromatic carbocycles. The van der Waals surface area contributed by atoms with Gasteiger partial charge in [-0.05, 0) is 63.0 Å². The fraction of sp³-hybridized carbons (Fsp3) is 0.333. The van der Waals surface area contributed by atoms with Crippen LogP contribution in [-0.2, 0) is 6.42 Å². The van der Waals surface area contributed by atoms with Gasteiger partial charge in [0, 0.05) is 5.56 Å². The molecule has 144 valence electrons. The molecule has 0 aliphatic carbocycles. The minimum absolute atomic E-state index is 0.838. The van der Waals surface area contributed by atoms with Gasteiger partial charge < -0.3 is 0 Å². The molecule has 0 saturated carbocycles. The molecule has 0 atom stereocenters. The van der Waals surface area contributed by atoms with E-state index in [1.165, 1.54) is 16.7 Å². The van der Waals surface area contributed by atoms with Gasteiger partial charge in [0.05, 0.1) is 5.70 Å². The van der Waals surface area contributed by atoms with E-state index in [0.29, 0.717) is 0 Å². The van der Waals surface area contributed by atoms with Gasteiger partial charge in [-0.25, -0.2) is 0 Å². The molecule has 2 rings (SSSR count). The number of allylic oxidation sites excluding steroid dienone is 6. The van der Waals surface area contributed by atoms with Crippen LogP contribution in [0.1, 0.15) is 51.6 Å². The highest BCUT2D eigenvalue weighted by atomic mass is 15.3. The van der Waals surface area contributed by atoms with Gasteiger partial charge in [0.2, 0.25) is 0 Å². The summed E-state index contributed by atoms with van der Waals surface area (Å²) >= 11 is 0. The summed E-state index contributed by atoms with van der Waals surface area (Å²) in [4.78, 5) is 0. The maximum atomic E-state index is 4.48. The first-order valence-corrected chi connectivity index (χ1v) is 9.59. The Bertz CT molecular complexity index is 860. The Labute approximate surface area is 164 Å². The zero-order valence-corrected chi connectivity index (χ0v) is 17.9. The van der Waals surface area contributed by atoms with Crippen molar-refractivity contribution in [2.24, 2.45) is 0 Å². The van der Waals surface area contributed by atoms with Crippen LogP contribution in [0.25, 0.3) is 17.1 Å². The standard InChI is InChI=1S/C22H27N3.C2H6/c1-8-11-21(19(10-3)15(4)5)25-17(7)23-24-22(25)20-14-18(9-2)13-12-16(20)6;1-2/h8,10-14H,1,3,9H2,2,4-7H3;1-2H3/b21-11+;. The normalized spacial score (nSPS) is 10.7. The van der Waals surface area contributed by atoms with Gasteiger partial charge in [-0.3, -0.25) is 4.57 Å². The van der Waals surface area contributed by atoms with Crippen molar-refractivity contribution in [3.63, 3.8) is 0 Å². The van der Waals surface area contributed by atoms with Crippen LogP contribution in [0.4, 0.5) is 0 Å². The molecule has 0 N–H and O–H groups in total. The summed E-state index contributed by atoms with van der Waals surface area (Å²) < 4.78 is 2.09. The second-order valence-corrected chi connectivity index (χ2v) is 6.31. The molecule has 0 saturated heterocycles. The van der Waals surface area contributed by atoms with Crippen molar-refractivity contribution in [3.05, 3.63) is 77.7 Å². The average Bonchev–Trinajstić information content (AvgIpc) is 3.04. The number of benzene rings is 1. The van der Waals surface area contributed by atoms with E-state index >= 15 is 0 Å². The average molecular weight is 364 g/mol. The highest BCUT2D eigenvalue weighted by molar-refractivity contribution is 5.76. The summed E-state index contributed by atoms with van der Waals surface area (Å²) in [5, 5.41) is 8.83. The predicted octanol–water partition coefficient (Wildman–Crippen LogP) is 6.70. The zero-order valence-electron chi connectivity index (χ0n) is 17.9. The molecule has 0 unspecified atom stereocenters. The smallest absolute Gasteiger partial charge is 0.168 e. The molecule has 0 aliphatic rings. The summed E-state index contributed by atoms with van der Waals surface area (Å²) in [6, 6.07) is 6.52. The molecule has 3 nitrogen and oxygen atoms in total. The lowest BCUT2D eigenvalue weighted by Crippen LogP contribution is -2.06. The largest absolute Gasteiger partial charge is 0.279 e. The summed E-state index contributed by atoms with van der Waals surface area (Å²) in [6.45, 7) is 22.3. The SMILES string of the molecule is C=C/C=C(\C(C=C)=C(C)C)n1c(C)nnc1-c1cc(CC)ccc1C.CC. The molecule has 3 heteroatoms. The molecular formula is C24H33N3. The van der Waals surface area contributed by atoms with E-state index in [4.69, 9.17) is 0 Å². The molecule has 0 fully saturated rings. The first-order chi connectivity index (χ1) is 12.9. The van der Waals surface area contributed by atoms with Crippen LogP contribution in [0.15, 0.2) is 60.7 Å². The van der Waals surface area contributed by atoms with Crippen LogP contribution in [0.2, 0.25) is 0 Å². The minimum Gasteiger partial charge on any atom is -0.279 e. The fourth-order valence-corrected chi connectivity index (χ4v) is 2.92. The Morgan fingerprint density at radius 1 is 1.11 bits per heavy atom. The van der Waals surface area contributed by atoms with E-state index in [1.54, 1.807) is 6.08 Å². The Hall–Kier alpha value is -2.68. The van der Waals surface area contributed by atoms with Gasteiger partial charge in [-0.1, -0.05) is 63.8 Å². The van der Waals surface area contributed by atoms with Crippen LogP contribution in [0, 0.1) is 13.8 Å². The molecule has 1 heterocycles. The van der Waals surface area contributed by atoms with Crippen LogP contribution in [-0.4, -0.2) is 14.8 Å². The van der Waals surface area contributed by atoms with Gasteiger partial charge in [0.1, 0.15) is 5.82 Å². The van der Waals surface area contributed by atoms with Crippen LogP contribution < -0.4 is 0 Å². The van der Waals surface area contributed by atoms with E-state index in [9.17, 15) is 0 Å². The maximum absolute atomic E-state index is 4.48. The number of hydrogen-bond acceptors (Lipinski definition) is 2. The Balaban J connectivity index is 0.00000176. The summed E-state index contributed by atoms with van der Waals surface area (Å²) in [6.07, 6.45) is 6.65. The molecule has 0 amide bonds. The topological polar surface area (TPSA) is 30.7 Å². The monoisotopic (exact) mass is 363 g/mol. The fourth-order valence-electron chi connectivity index (χ4n) is 2.92. The van der Waals surface area contributed by atoms with Crippen molar-refractivity contribution in [2.45, 2.75) is 54.9 Å². The molecule has 0 bridgehead atoms.